The molecule has 0 aliphatic carbocycles. The Balaban J connectivity index is 1.41. The first-order valence-corrected chi connectivity index (χ1v) is 10.3. The molecule has 1 aromatic heterocycles. The summed E-state index contributed by atoms with van der Waals surface area (Å²) in [6.07, 6.45) is 3.33. The number of amides is 1. The summed E-state index contributed by atoms with van der Waals surface area (Å²) in [5, 5.41) is 0.812. The van der Waals surface area contributed by atoms with Gasteiger partial charge in [0.15, 0.2) is 10.9 Å². The molecule has 0 unspecified atom stereocenters. The van der Waals surface area contributed by atoms with Crippen molar-refractivity contribution in [3.05, 3.63) is 66.4 Å². The van der Waals surface area contributed by atoms with Crippen molar-refractivity contribution in [2.75, 3.05) is 17.2 Å². The van der Waals surface area contributed by atoms with Crippen LogP contribution in [0.2, 0.25) is 0 Å². The van der Waals surface area contributed by atoms with E-state index in [9.17, 15) is 9.59 Å². The highest BCUT2D eigenvalue weighted by Gasteiger charge is 2.21. The summed E-state index contributed by atoms with van der Waals surface area (Å²) < 4.78 is 2.01. The number of thioether (sulfide) groups is 1. The number of carbonyl (C=O) groups is 2. The average molecular weight is 391 g/mol. The van der Waals surface area contributed by atoms with Crippen LogP contribution in [0.1, 0.15) is 23.2 Å². The fraction of sp³-hybridized carbons (Fsp3) is 0.227. The molecule has 1 aliphatic rings. The van der Waals surface area contributed by atoms with Crippen molar-refractivity contribution in [1.29, 1.82) is 0 Å². The zero-order valence-electron chi connectivity index (χ0n) is 15.7. The summed E-state index contributed by atoms with van der Waals surface area (Å²) in [5.41, 5.74) is 3.64. The van der Waals surface area contributed by atoms with Crippen molar-refractivity contribution < 1.29 is 9.59 Å². The molecule has 2 aromatic carbocycles. The van der Waals surface area contributed by atoms with Gasteiger partial charge in [-0.3, -0.25) is 9.59 Å². The highest BCUT2D eigenvalue weighted by molar-refractivity contribution is 7.99. The molecule has 1 amide bonds. The Morgan fingerprint density at radius 3 is 2.54 bits per heavy atom. The van der Waals surface area contributed by atoms with Crippen LogP contribution >= 0.6 is 11.8 Å². The number of hydrogen-bond donors (Lipinski definition) is 0. The van der Waals surface area contributed by atoms with Crippen molar-refractivity contribution in [3.8, 4) is 11.3 Å². The monoisotopic (exact) mass is 391 g/mol. The lowest BCUT2D eigenvalue weighted by atomic mass is 10.1. The number of ketones is 1. The van der Waals surface area contributed by atoms with Gasteiger partial charge < -0.3 is 9.47 Å². The Kier molecular flexibility index (Phi) is 5.30. The first-order valence-electron chi connectivity index (χ1n) is 9.27. The lowest BCUT2D eigenvalue weighted by molar-refractivity contribution is -0.117. The van der Waals surface area contributed by atoms with E-state index in [2.05, 4.69) is 4.98 Å². The molecule has 6 heteroatoms. The summed E-state index contributed by atoms with van der Waals surface area (Å²) in [4.78, 5) is 30.6. The standard InChI is InChI=1S/C22H21N3O2S/c1-24-19(16-6-3-2-4-7-16)14-23-22(24)28-15-20(26)17-9-11-18(12-10-17)25-13-5-8-21(25)27/h2-4,6-7,9-12,14H,5,8,13,15H2,1H3. The van der Waals surface area contributed by atoms with Crippen molar-refractivity contribution in [2.45, 2.75) is 18.0 Å². The summed E-state index contributed by atoms with van der Waals surface area (Å²) in [6, 6.07) is 17.4. The third-order valence-electron chi connectivity index (χ3n) is 4.92. The maximum Gasteiger partial charge on any atom is 0.227 e. The van der Waals surface area contributed by atoms with Gasteiger partial charge in [-0.25, -0.2) is 4.98 Å². The van der Waals surface area contributed by atoms with Crippen molar-refractivity contribution in [3.63, 3.8) is 0 Å². The number of hydrogen-bond acceptors (Lipinski definition) is 4. The second-order valence-electron chi connectivity index (χ2n) is 6.76. The molecule has 1 fully saturated rings. The van der Waals surface area contributed by atoms with Gasteiger partial charge in [0.1, 0.15) is 0 Å². The van der Waals surface area contributed by atoms with E-state index >= 15 is 0 Å². The minimum absolute atomic E-state index is 0.0496. The lowest BCUT2D eigenvalue weighted by Gasteiger charge is -2.15. The van der Waals surface area contributed by atoms with Gasteiger partial charge in [-0.15, -0.1) is 0 Å². The Bertz CT molecular complexity index is 996. The van der Waals surface area contributed by atoms with Gasteiger partial charge in [0.2, 0.25) is 5.91 Å². The maximum absolute atomic E-state index is 12.6. The summed E-state index contributed by atoms with van der Waals surface area (Å²) in [6.45, 7) is 0.755. The average Bonchev–Trinajstić information content (AvgIpc) is 3.32. The smallest absolute Gasteiger partial charge is 0.227 e. The topological polar surface area (TPSA) is 55.2 Å². The number of anilines is 1. The number of benzene rings is 2. The van der Waals surface area contributed by atoms with Crippen LogP contribution in [-0.2, 0) is 11.8 Å². The predicted octanol–water partition coefficient (Wildman–Crippen LogP) is 4.19. The molecule has 28 heavy (non-hydrogen) atoms. The van der Waals surface area contributed by atoms with Crippen LogP contribution in [0, 0.1) is 0 Å². The van der Waals surface area contributed by atoms with Crippen molar-refractivity contribution in [1.82, 2.24) is 9.55 Å². The molecule has 3 aromatic rings. The first-order chi connectivity index (χ1) is 13.6. The first kappa shape index (κ1) is 18.5. The normalized spacial score (nSPS) is 13.9. The van der Waals surface area contributed by atoms with E-state index < -0.39 is 0 Å². The molecule has 0 N–H and O–H groups in total. The molecular weight excluding hydrogens is 370 g/mol. The van der Waals surface area contributed by atoms with E-state index in [-0.39, 0.29) is 11.7 Å². The van der Waals surface area contributed by atoms with E-state index in [0.29, 0.717) is 17.7 Å². The number of aromatic nitrogens is 2. The van der Waals surface area contributed by atoms with Crippen LogP contribution < -0.4 is 4.90 Å². The second-order valence-corrected chi connectivity index (χ2v) is 7.70. The summed E-state index contributed by atoms with van der Waals surface area (Å²) in [7, 11) is 1.96. The molecule has 1 saturated heterocycles. The third kappa shape index (κ3) is 3.73. The fourth-order valence-corrected chi connectivity index (χ4v) is 4.21. The zero-order valence-corrected chi connectivity index (χ0v) is 16.5. The van der Waals surface area contributed by atoms with Crippen LogP contribution in [0.5, 0.6) is 0 Å². The van der Waals surface area contributed by atoms with E-state index in [1.165, 1.54) is 11.8 Å². The van der Waals surface area contributed by atoms with E-state index in [4.69, 9.17) is 0 Å². The van der Waals surface area contributed by atoms with Crippen molar-refractivity contribution >= 4 is 29.1 Å². The van der Waals surface area contributed by atoms with Gasteiger partial charge in [0, 0.05) is 31.3 Å². The number of nitrogens with zero attached hydrogens (tertiary/aromatic N) is 3. The van der Waals surface area contributed by atoms with Crippen LogP contribution in [0.25, 0.3) is 11.3 Å². The number of imidazole rings is 1. The molecule has 0 radical (unpaired) electrons. The van der Waals surface area contributed by atoms with Gasteiger partial charge in [0.25, 0.3) is 0 Å². The number of Topliss-reactive ketones (excluding diaryl/α,β-unsaturated/α-hetero) is 1. The molecular formula is C22H21N3O2S. The largest absolute Gasteiger partial charge is 0.322 e. The molecule has 2 heterocycles. The highest BCUT2D eigenvalue weighted by atomic mass is 32.2. The molecule has 142 valence electrons. The van der Waals surface area contributed by atoms with Crippen molar-refractivity contribution in [2.24, 2.45) is 7.05 Å². The summed E-state index contributed by atoms with van der Waals surface area (Å²) in [5.74, 6) is 0.522. The zero-order chi connectivity index (χ0) is 19.5. The molecule has 0 atom stereocenters. The van der Waals surface area contributed by atoms with Gasteiger partial charge in [-0.05, 0) is 36.2 Å². The number of rotatable bonds is 6. The third-order valence-corrected chi connectivity index (χ3v) is 5.97. The Hall–Kier alpha value is -2.86. The number of carbonyl (C=O) groups excluding carboxylic acids is 2. The Labute approximate surface area is 168 Å². The van der Waals surface area contributed by atoms with Gasteiger partial charge in [-0.2, -0.15) is 0 Å². The molecule has 1 aliphatic heterocycles. The van der Waals surface area contributed by atoms with Gasteiger partial charge >= 0.3 is 0 Å². The fourth-order valence-electron chi connectivity index (χ4n) is 3.37. The van der Waals surface area contributed by atoms with Crippen LogP contribution in [0.3, 0.4) is 0 Å². The van der Waals surface area contributed by atoms with Gasteiger partial charge in [0.05, 0.1) is 17.6 Å². The minimum atomic E-state index is 0.0496. The minimum Gasteiger partial charge on any atom is -0.322 e. The Morgan fingerprint density at radius 2 is 1.86 bits per heavy atom. The highest BCUT2D eigenvalue weighted by Crippen LogP contribution is 2.26. The molecule has 5 nitrogen and oxygen atoms in total. The maximum atomic E-state index is 12.6. The quantitative estimate of drug-likeness (QED) is 0.467. The lowest BCUT2D eigenvalue weighted by Crippen LogP contribution is -2.23. The van der Waals surface area contributed by atoms with E-state index in [1.54, 1.807) is 17.0 Å². The predicted molar refractivity (Wildman–Crippen MR) is 112 cm³/mol. The molecule has 0 spiro atoms. The molecule has 0 saturated carbocycles. The second kappa shape index (κ2) is 8.02. The van der Waals surface area contributed by atoms with E-state index in [0.717, 1.165) is 35.1 Å². The SMILES string of the molecule is Cn1c(-c2ccccc2)cnc1SCC(=O)c1ccc(N2CCCC2=O)cc1. The molecule has 4 rings (SSSR count). The summed E-state index contributed by atoms with van der Waals surface area (Å²) >= 11 is 1.43. The van der Waals surface area contributed by atoms with E-state index in [1.807, 2.05) is 60.3 Å². The van der Waals surface area contributed by atoms with Crippen LogP contribution in [0.15, 0.2) is 66.0 Å². The van der Waals surface area contributed by atoms with Crippen LogP contribution in [-0.4, -0.2) is 33.5 Å². The molecule has 0 bridgehead atoms. The van der Waals surface area contributed by atoms with Gasteiger partial charge in [-0.1, -0.05) is 42.1 Å². The Morgan fingerprint density at radius 1 is 1.11 bits per heavy atom. The van der Waals surface area contributed by atoms with Crippen LogP contribution in [0.4, 0.5) is 5.69 Å².